The lowest BCUT2D eigenvalue weighted by atomic mass is 9.79. The van der Waals surface area contributed by atoms with Crippen LogP contribution in [0.1, 0.15) is 29.6 Å². The second-order valence-electron chi connectivity index (χ2n) is 4.77. The highest BCUT2D eigenvalue weighted by Crippen LogP contribution is 2.37. The van der Waals surface area contributed by atoms with Crippen molar-refractivity contribution in [3.63, 3.8) is 0 Å². The molecule has 1 atom stereocenters. The van der Waals surface area contributed by atoms with Gasteiger partial charge in [0.25, 0.3) is 0 Å². The van der Waals surface area contributed by atoms with Crippen LogP contribution in [0, 0.1) is 5.92 Å². The van der Waals surface area contributed by atoms with E-state index in [9.17, 15) is 4.79 Å². The Labute approximate surface area is 99.6 Å². The number of anilines is 1. The minimum absolute atomic E-state index is 0.300. The molecule has 3 rings (SSSR count). The number of carboxylic acid groups (broad SMARTS) is 1. The van der Waals surface area contributed by atoms with Crippen LogP contribution in [-0.2, 0) is 0 Å². The molecular weight excluding hydrogens is 218 g/mol. The van der Waals surface area contributed by atoms with Gasteiger partial charge in [0.15, 0.2) is 0 Å². The number of benzene rings is 1. The third-order valence-corrected chi connectivity index (χ3v) is 3.70. The first kappa shape index (κ1) is 10.4. The molecule has 2 aliphatic rings. The van der Waals surface area contributed by atoms with Crippen molar-refractivity contribution < 1.29 is 14.6 Å². The van der Waals surface area contributed by atoms with Crippen molar-refractivity contribution in [2.75, 3.05) is 11.9 Å². The minimum Gasteiger partial charge on any atom is -0.489 e. The van der Waals surface area contributed by atoms with Gasteiger partial charge in [-0.1, -0.05) is 6.42 Å². The molecule has 2 N–H and O–H groups in total. The van der Waals surface area contributed by atoms with Crippen LogP contribution in [0.25, 0.3) is 0 Å². The molecule has 90 valence electrons. The number of carbonyl (C=O) groups is 1. The molecule has 1 aromatic carbocycles. The Hall–Kier alpha value is -1.71. The lowest BCUT2D eigenvalue weighted by Crippen LogP contribution is -2.41. The first-order chi connectivity index (χ1) is 8.24. The lowest BCUT2D eigenvalue weighted by molar-refractivity contribution is 0.0697. The molecule has 0 radical (unpaired) electrons. The van der Waals surface area contributed by atoms with Gasteiger partial charge < -0.3 is 15.2 Å². The summed E-state index contributed by atoms with van der Waals surface area (Å²) >= 11 is 0. The summed E-state index contributed by atoms with van der Waals surface area (Å²) in [6.45, 7) is 0.685. The van der Waals surface area contributed by atoms with Crippen LogP contribution in [0.3, 0.4) is 0 Å². The maximum Gasteiger partial charge on any atom is 0.335 e. The Morgan fingerprint density at radius 2 is 2.24 bits per heavy atom. The van der Waals surface area contributed by atoms with Crippen LogP contribution >= 0.6 is 0 Å². The summed E-state index contributed by atoms with van der Waals surface area (Å²) in [4.78, 5) is 10.9. The fraction of sp³-hybridized carbons (Fsp3) is 0.462. The molecule has 0 bridgehead atoms. The first-order valence-electron chi connectivity index (χ1n) is 6.01. The quantitative estimate of drug-likeness (QED) is 0.823. The smallest absolute Gasteiger partial charge is 0.335 e. The molecule has 1 aliphatic heterocycles. The van der Waals surface area contributed by atoms with Gasteiger partial charge in [0.1, 0.15) is 12.4 Å². The summed E-state index contributed by atoms with van der Waals surface area (Å²) in [6, 6.07) is 5.29. The van der Waals surface area contributed by atoms with E-state index in [4.69, 9.17) is 9.84 Å². The molecule has 1 saturated carbocycles. The Kier molecular flexibility index (Phi) is 2.42. The predicted molar refractivity (Wildman–Crippen MR) is 63.6 cm³/mol. The monoisotopic (exact) mass is 233 g/mol. The number of fused-ring (bicyclic) bond motifs is 1. The van der Waals surface area contributed by atoms with Crippen molar-refractivity contribution in [1.29, 1.82) is 0 Å². The van der Waals surface area contributed by atoms with Gasteiger partial charge in [0.2, 0.25) is 0 Å². The highest BCUT2D eigenvalue weighted by atomic mass is 16.5. The van der Waals surface area contributed by atoms with Gasteiger partial charge in [-0.15, -0.1) is 0 Å². The Morgan fingerprint density at radius 3 is 2.88 bits per heavy atom. The summed E-state index contributed by atoms with van der Waals surface area (Å²) in [5, 5.41) is 12.4. The van der Waals surface area contributed by atoms with Gasteiger partial charge >= 0.3 is 5.97 Å². The zero-order valence-electron chi connectivity index (χ0n) is 9.48. The van der Waals surface area contributed by atoms with Crippen LogP contribution in [0.2, 0.25) is 0 Å². The average Bonchev–Trinajstić information content (AvgIpc) is 2.25. The summed E-state index contributed by atoms with van der Waals surface area (Å²) in [5.41, 5.74) is 1.11. The highest BCUT2D eigenvalue weighted by molar-refractivity contribution is 5.89. The summed E-state index contributed by atoms with van der Waals surface area (Å²) in [5.74, 6) is 0.530. The highest BCUT2D eigenvalue weighted by Gasteiger charge is 2.31. The van der Waals surface area contributed by atoms with Crippen LogP contribution in [-0.4, -0.2) is 23.7 Å². The Balaban J connectivity index is 1.83. The number of rotatable bonds is 2. The fourth-order valence-corrected chi connectivity index (χ4v) is 2.42. The molecule has 0 saturated heterocycles. The van der Waals surface area contributed by atoms with Gasteiger partial charge in [0.05, 0.1) is 17.3 Å². The normalized spacial score (nSPS) is 22.9. The molecule has 1 aliphatic carbocycles. The van der Waals surface area contributed by atoms with Crippen LogP contribution < -0.4 is 10.1 Å². The van der Waals surface area contributed by atoms with E-state index < -0.39 is 5.97 Å². The Bertz CT molecular complexity index is 454. The largest absolute Gasteiger partial charge is 0.489 e. The van der Waals surface area contributed by atoms with Gasteiger partial charge in [-0.25, -0.2) is 4.79 Å². The number of aromatic carboxylic acids is 1. The molecule has 4 heteroatoms. The SMILES string of the molecule is O=C(O)c1ccc2c(c1)NC(C1CCC1)CO2. The van der Waals surface area contributed by atoms with Gasteiger partial charge in [-0.05, 0) is 37.0 Å². The molecule has 1 aromatic rings. The first-order valence-corrected chi connectivity index (χ1v) is 6.01. The van der Waals surface area contributed by atoms with Gasteiger partial charge in [-0.3, -0.25) is 0 Å². The number of hydrogen-bond acceptors (Lipinski definition) is 3. The van der Waals surface area contributed by atoms with Crippen LogP contribution in [0.5, 0.6) is 5.75 Å². The predicted octanol–water partition coefficient (Wildman–Crippen LogP) is 2.36. The van der Waals surface area contributed by atoms with E-state index in [0.29, 0.717) is 24.1 Å². The maximum absolute atomic E-state index is 10.9. The van der Waals surface area contributed by atoms with E-state index in [2.05, 4.69) is 5.32 Å². The van der Waals surface area contributed by atoms with Crippen LogP contribution in [0.15, 0.2) is 18.2 Å². The van der Waals surface area contributed by atoms with E-state index >= 15 is 0 Å². The number of nitrogens with one attached hydrogen (secondary N) is 1. The van der Waals surface area contributed by atoms with Crippen molar-refractivity contribution in [3.8, 4) is 5.75 Å². The van der Waals surface area contributed by atoms with Crippen LogP contribution in [0.4, 0.5) is 5.69 Å². The molecule has 0 aromatic heterocycles. The number of ether oxygens (including phenoxy) is 1. The Morgan fingerprint density at radius 1 is 1.41 bits per heavy atom. The summed E-state index contributed by atoms with van der Waals surface area (Å²) in [6.07, 6.45) is 3.79. The van der Waals surface area contributed by atoms with Crippen molar-refractivity contribution in [1.82, 2.24) is 0 Å². The standard InChI is InChI=1S/C13H15NO3/c15-13(16)9-4-5-12-10(6-9)14-11(7-17-12)8-2-1-3-8/h4-6,8,11,14H,1-3,7H2,(H,15,16). The van der Waals surface area contributed by atoms with Crippen molar-refractivity contribution >= 4 is 11.7 Å². The molecule has 0 spiro atoms. The van der Waals surface area contributed by atoms with E-state index in [0.717, 1.165) is 11.4 Å². The van der Waals surface area contributed by atoms with E-state index in [1.54, 1.807) is 18.2 Å². The van der Waals surface area contributed by atoms with Gasteiger partial charge in [0, 0.05) is 0 Å². The molecule has 17 heavy (non-hydrogen) atoms. The number of carboxylic acids is 1. The molecule has 4 nitrogen and oxygen atoms in total. The molecule has 1 heterocycles. The molecule has 1 fully saturated rings. The average molecular weight is 233 g/mol. The number of hydrogen-bond donors (Lipinski definition) is 2. The van der Waals surface area contributed by atoms with E-state index in [-0.39, 0.29) is 0 Å². The van der Waals surface area contributed by atoms with E-state index in [1.807, 2.05) is 0 Å². The molecule has 0 amide bonds. The molecule has 1 unspecified atom stereocenters. The van der Waals surface area contributed by atoms with Gasteiger partial charge in [-0.2, -0.15) is 0 Å². The second kappa shape index (κ2) is 3.95. The second-order valence-corrected chi connectivity index (χ2v) is 4.77. The minimum atomic E-state index is -0.902. The fourth-order valence-electron chi connectivity index (χ4n) is 2.42. The zero-order chi connectivity index (χ0) is 11.8. The third-order valence-electron chi connectivity index (χ3n) is 3.70. The van der Waals surface area contributed by atoms with Crippen molar-refractivity contribution in [2.45, 2.75) is 25.3 Å². The van der Waals surface area contributed by atoms with Crippen molar-refractivity contribution in [3.05, 3.63) is 23.8 Å². The lowest BCUT2D eigenvalue weighted by Gasteiger charge is -2.37. The summed E-state index contributed by atoms with van der Waals surface area (Å²) < 4.78 is 5.67. The maximum atomic E-state index is 10.9. The van der Waals surface area contributed by atoms with E-state index in [1.165, 1.54) is 19.3 Å². The zero-order valence-corrected chi connectivity index (χ0v) is 9.48. The summed E-state index contributed by atoms with van der Waals surface area (Å²) in [7, 11) is 0. The third kappa shape index (κ3) is 1.84. The topological polar surface area (TPSA) is 58.6 Å². The van der Waals surface area contributed by atoms with Crippen molar-refractivity contribution in [2.24, 2.45) is 5.92 Å². The molecular formula is C13H15NO3.